The zero-order valence-corrected chi connectivity index (χ0v) is 15.9. The summed E-state index contributed by atoms with van der Waals surface area (Å²) in [5, 5.41) is 8.62. The van der Waals surface area contributed by atoms with E-state index in [1.807, 2.05) is 18.2 Å². The summed E-state index contributed by atoms with van der Waals surface area (Å²) >= 11 is 7.66. The molecule has 1 aromatic carbocycles. The third kappa shape index (κ3) is 4.56. The number of hydrogen-bond acceptors (Lipinski definition) is 4. The molecule has 3 nitrogen and oxygen atoms in total. The number of thiazole rings is 1. The minimum atomic E-state index is 0. The quantitative estimate of drug-likeness (QED) is 0.733. The van der Waals surface area contributed by atoms with Gasteiger partial charge in [-0.25, -0.2) is 4.98 Å². The van der Waals surface area contributed by atoms with Gasteiger partial charge in [-0.1, -0.05) is 22.9 Å². The van der Waals surface area contributed by atoms with Gasteiger partial charge in [-0.05, 0) is 50.0 Å². The number of benzene rings is 1. The molecule has 0 amide bonds. The Kier molecular flexibility index (Phi) is 7.75. The van der Waals surface area contributed by atoms with Crippen LogP contribution in [0.5, 0.6) is 0 Å². The molecule has 1 aliphatic rings. The Labute approximate surface area is 149 Å². The molecule has 0 unspecified atom stereocenters. The van der Waals surface area contributed by atoms with E-state index in [2.05, 4.69) is 15.6 Å². The molecule has 0 spiro atoms. The van der Waals surface area contributed by atoms with Crippen LogP contribution in [0.25, 0.3) is 10.2 Å². The fourth-order valence-corrected chi connectivity index (χ4v) is 3.44. The zero-order valence-electron chi connectivity index (χ0n) is 10.9. The number of rotatable bonds is 3. The molecule has 1 aliphatic heterocycles. The number of fused-ring (bicyclic) bond motifs is 1. The third-order valence-corrected chi connectivity index (χ3v) is 4.56. The molecule has 2 heterocycles. The van der Waals surface area contributed by atoms with Crippen molar-refractivity contribution >= 4 is 72.2 Å². The van der Waals surface area contributed by atoms with Crippen LogP contribution in [0.3, 0.4) is 0 Å². The molecule has 1 fully saturated rings. The molecule has 0 saturated carbocycles. The first-order valence-corrected chi connectivity index (χ1v) is 7.51. The molecular formula is C13H18Br2ClN3S. The van der Waals surface area contributed by atoms with Gasteiger partial charge in [0.15, 0.2) is 5.13 Å². The molecule has 7 heteroatoms. The van der Waals surface area contributed by atoms with Crippen LogP contribution in [0, 0.1) is 5.92 Å². The van der Waals surface area contributed by atoms with Gasteiger partial charge < -0.3 is 10.6 Å². The number of aromatic nitrogens is 1. The van der Waals surface area contributed by atoms with E-state index >= 15 is 0 Å². The minimum absolute atomic E-state index is 0. The van der Waals surface area contributed by atoms with Crippen molar-refractivity contribution in [3.63, 3.8) is 0 Å². The maximum absolute atomic E-state index is 5.98. The van der Waals surface area contributed by atoms with Crippen LogP contribution in [0.2, 0.25) is 5.02 Å². The molecule has 2 N–H and O–H groups in total. The maximum atomic E-state index is 5.98. The highest BCUT2D eigenvalue weighted by molar-refractivity contribution is 8.93. The highest BCUT2D eigenvalue weighted by Gasteiger charge is 2.13. The van der Waals surface area contributed by atoms with Crippen LogP contribution >= 0.6 is 56.9 Å². The number of hydrogen-bond donors (Lipinski definition) is 2. The molecule has 3 rings (SSSR count). The van der Waals surface area contributed by atoms with Crippen molar-refractivity contribution in [3.8, 4) is 0 Å². The second-order valence-electron chi connectivity index (χ2n) is 4.71. The Morgan fingerprint density at radius 2 is 2.05 bits per heavy atom. The highest BCUT2D eigenvalue weighted by Crippen LogP contribution is 2.28. The summed E-state index contributed by atoms with van der Waals surface area (Å²) in [5.74, 6) is 0.766. The van der Waals surface area contributed by atoms with Crippen LogP contribution < -0.4 is 10.6 Å². The molecule has 1 saturated heterocycles. The van der Waals surface area contributed by atoms with E-state index in [-0.39, 0.29) is 34.0 Å². The van der Waals surface area contributed by atoms with Gasteiger partial charge in [0.05, 0.1) is 10.2 Å². The van der Waals surface area contributed by atoms with Gasteiger partial charge in [-0.2, -0.15) is 0 Å². The lowest BCUT2D eigenvalue weighted by molar-refractivity contribution is 0.390. The van der Waals surface area contributed by atoms with Gasteiger partial charge in [0.1, 0.15) is 0 Å². The Hall–Kier alpha value is 0.120. The van der Waals surface area contributed by atoms with E-state index in [0.717, 1.165) is 45.9 Å². The Morgan fingerprint density at radius 3 is 2.80 bits per heavy atom. The second-order valence-corrected chi connectivity index (χ2v) is 6.17. The molecule has 0 bridgehead atoms. The van der Waals surface area contributed by atoms with Crippen molar-refractivity contribution in [1.82, 2.24) is 10.3 Å². The average Bonchev–Trinajstić information content (AvgIpc) is 2.79. The predicted molar refractivity (Wildman–Crippen MR) is 99.4 cm³/mol. The number of nitrogens with one attached hydrogen (secondary N) is 2. The van der Waals surface area contributed by atoms with Crippen molar-refractivity contribution < 1.29 is 0 Å². The van der Waals surface area contributed by atoms with E-state index in [9.17, 15) is 0 Å². The van der Waals surface area contributed by atoms with Crippen LogP contribution in [-0.2, 0) is 0 Å². The lowest BCUT2D eigenvalue weighted by Crippen LogP contribution is -2.31. The first-order valence-electron chi connectivity index (χ1n) is 6.32. The summed E-state index contributed by atoms with van der Waals surface area (Å²) < 4.78 is 1.15. The summed E-state index contributed by atoms with van der Waals surface area (Å²) in [4.78, 5) is 4.57. The van der Waals surface area contributed by atoms with E-state index in [1.54, 1.807) is 11.3 Å². The summed E-state index contributed by atoms with van der Waals surface area (Å²) in [6.07, 6.45) is 2.51. The van der Waals surface area contributed by atoms with Crippen LogP contribution in [0.15, 0.2) is 18.2 Å². The Morgan fingerprint density at radius 1 is 1.30 bits per heavy atom. The Balaban J connectivity index is 0.000001000. The normalized spacial score (nSPS) is 15.4. The van der Waals surface area contributed by atoms with E-state index in [4.69, 9.17) is 11.6 Å². The van der Waals surface area contributed by atoms with Gasteiger partial charge in [-0.3, -0.25) is 0 Å². The monoisotopic (exact) mass is 441 g/mol. The van der Waals surface area contributed by atoms with Gasteiger partial charge in [0.25, 0.3) is 0 Å². The Bertz CT molecular complexity index is 543. The van der Waals surface area contributed by atoms with Gasteiger partial charge >= 0.3 is 0 Å². The summed E-state index contributed by atoms with van der Waals surface area (Å²) in [6, 6.07) is 5.84. The minimum Gasteiger partial charge on any atom is -0.361 e. The topological polar surface area (TPSA) is 37.0 Å². The van der Waals surface area contributed by atoms with E-state index in [1.165, 1.54) is 12.8 Å². The van der Waals surface area contributed by atoms with Crippen LogP contribution in [0.1, 0.15) is 12.8 Å². The second kappa shape index (κ2) is 8.54. The maximum Gasteiger partial charge on any atom is 0.183 e. The van der Waals surface area contributed by atoms with E-state index < -0.39 is 0 Å². The summed E-state index contributed by atoms with van der Waals surface area (Å²) in [5.41, 5.74) is 1.03. The van der Waals surface area contributed by atoms with Crippen molar-refractivity contribution in [2.75, 3.05) is 25.0 Å². The summed E-state index contributed by atoms with van der Waals surface area (Å²) in [7, 11) is 0. The fourth-order valence-electron chi connectivity index (χ4n) is 2.29. The standard InChI is InChI=1S/C13H16ClN3S.2BrH/c14-10-1-2-11-12(7-10)18-13(17-11)16-8-9-3-5-15-6-4-9;;/h1-2,7,9,15H,3-6,8H2,(H,16,17);2*1H. The molecular weight excluding hydrogens is 425 g/mol. The highest BCUT2D eigenvalue weighted by atomic mass is 79.9. The van der Waals surface area contributed by atoms with Gasteiger partial charge in [0.2, 0.25) is 0 Å². The molecule has 2 aromatic rings. The first kappa shape index (κ1) is 18.2. The van der Waals surface area contributed by atoms with Crippen molar-refractivity contribution in [3.05, 3.63) is 23.2 Å². The van der Waals surface area contributed by atoms with Crippen LogP contribution in [-0.4, -0.2) is 24.6 Å². The van der Waals surface area contributed by atoms with Crippen molar-refractivity contribution in [2.24, 2.45) is 5.92 Å². The first-order chi connectivity index (χ1) is 8.81. The fraction of sp³-hybridized carbons (Fsp3) is 0.462. The third-order valence-electron chi connectivity index (χ3n) is 3.35. The number of piperidine rings is 1. The number of nitrogens with zero attached hydrogens (tertiary/aromatic N) is 1. The van der Waals surface area contributed by atoms with Crippen LogP contribution in [0.4, 0.5) is 5.13 Å². The van der Waals surface area contributed by atoms with Crippen molar-refractivity contribution in [2.45, 2.75) is 12.8 Å². The molecule has 0 aliphatic carbocycles. The predicted octanol–water partition coefficient (Wildman–Crippen LogP) is 4.52. The van der Waals surface area contributed by atoms with Gasteiger partial charge in [-0.15, -0.1) is 34.0 Å². The zero-order chi connectivity index (χ0) is 12.4. The van der Waals surface area contributed by atoms with E-state index in [0.29, 0.717) is 0 Å². The smallest absolute Gasteiger partial charge is 0.183 e. The number of halogens is 3. The molecule has 20 heavy (non-hydrogen) atoms. The lowest BCUT2D eigenvalue weighted by atomic mass is 9.98. The molecule has 112 valence electrons. The number of anilines is 1. The molecule has 0 radical (unpaired) electrons. The molecule has 0 atom stereocenters. The lowest BCUT2D eigenvalue weighted by Gasteiger charge is -2.22. The average molecular weight is 444 g/mol. The van der Waals surface area contributed by atoms with Gasteiger partial charge in [0, 0.05) is 11.6 Å². The molecule has 1 aromatic heterocycles. The summed E-state index contributed by atoms with van der Waals surface area (Å²) in [6.45, 7) is 3.30. The largest absolute Gasteiger partial charge is 0.361 e. The van der Waals surface area contributed by atoms with Crippen molar-refractivity contribution in [1.29, 1.82) is 0 Å². The SMILES string of the molecule is Br.Br.Clc1ccc2nc(NCC3CCNCC3)sc2c1.